The highest BCUT2D eigenvalue weighted by atomic mass is 79.9. The Bertz CT molecular complexity index is 792. The van der Waals surface area contributed by atoms with E-state index in [1.54, 1.807) is 4.90 Å². The zero-order valence-electron chi connectivity index (χ0n) is 14.3. The molecule has 4 nitrogen and oxygen atoms in total. The third kappa shape index (κ3) is 3.93. The van der Waals surface area contributed by atoms with Crippen molar-refractivity contribution >= 4 is 33.4 Å². The van der Waals surface area contributed by atoms with E-state index in [0.29, 0.717) is 6.54 Å². The van der Waals surface area contributed by atoms with Crippen LogP contribution in [0.3, 0.4) is 0 Å². The first-order chi connectivity index (χ1) is 12.0. The van der Waals surface area contributed by atoms with Crippen molar-refractivity contribution in [3.05, 3.63) is 64.1 Å². The number of hydrogen-bond donors (Lipinski definition) is 1. The number of halogens is 1. The lowest BCUT2D eigenvalue weighted by Crippen LogP contribution is -2.30. The van der Waals surface area contributed by atoms with Gasteiger partial charge in [-0.3, -0.25) is 9.59 Å². The van der Waals surface area contributed by atoms with Gasteiger partial charge in [0.2, 0.25) is 11.8 Å². The third-order valence-electron chi connectivity index (χ3n) is 4.66. The summed E-state index contributed by atoms with van der Waals surface area (Å²) in [6, 6.07) is 15.7. The van der Waals surface area contributed by atoms with Gasteiger partial charge < -0.3 is 10.2 Å². The molecule has 1 saturated heterocycles. The molecule has 1 N–H and O–H groups in total. The minimum atomic E-state index is -0.327. The Hall–Kier alpha value is -2.14. The summed E-state index contributed by atoms with van der Waals surface area (Å²) in [5, 5.41) is 2.93. The number of nitrogens with one attached hydrogen (secondary N) is 1. The van der Waals surface area contributed by atoms with Gasteiger partial charge in [0.25, 0.3) is 0 Å². The first-order valence-corrected chi connectivity index (χ1v) is 9.16. The highest BCUT2D eigenvalue weighted by molar-refractivity contribution is 9.10. The number of anilines is 1. The molecule has 3 rings (SSSR count). The van der Waals surface area contributed by atoms with Gasteiger partial charge in [-0.05, 0) is 53.0 Å². The van der Waals surface area contributed by atoms with Gasteiger partial charge >= 0.3 is 0 Å². The molecule has 0 bridgehead atoms. The molecule has 1 heterocycles. The molecule has 1 fully saturated rings. The van der Waals surface area contributed by atoms with Gasteiger partial charge in [0.05, 0.1) is 17.6 Å². The van der Waals surface area contributed by atoms with E-state index in [1.165, 1.54) is 0 Å². The highest BCUT2D eigenvalue weighted by Gasteiger charge is 2.37. The van der Waals surface area contributed by atoms with Gasteiger partial charge in [-0.25, -0.2) is 0 Å². The molecular weight excluding hydrogens is 380 g/mol. The SMILES string of the molecule is Cc1ccc(NC(=O)[C@@H]2CC(=O)N([C@H](C)c3ccccc3)C2)c(Br)c1. The fourth-order valence-electron chi connectivity index (χ4n) is 3.15. The monoisotopic (exact) mass is 400 g/mol. The standard InChI is InChI=1S/C20H21BrN2O2/c1-13-8-9-18(17(21)10-13)22-20(25)16-11-19(24)23(12-16)14(2)15-6-4-3-5-7-15/h3-10,14,16H,11-12H2,1-2H3,(H,22,25)/t14-,16-/m1/s1. The molecule has 2 atom stereocenters. The molecule has 1 aliphatic heterocycles. The van der Waals surface area contributed by atoms with E-state index in [1.807, 2.05) is 62.4 Å². The minimum Gasteiger partial charge on any atom is -0.335 e. The van der Waals surface area contributed by atoms with Gasteiger partial charge in [0, 0.05) is 17.4 Å². The van der Waals surface area contributed by atoms with Crippen LogP contribution >= 0.6 is 15.9 Å². The molecule has 5 heteroatoms. The number of likely N-dealkylation sites (tertiary alicyclic amines) is 1. The Balaban J connectivity index is 1.68. The van der Waals surface area contributed by atoms with Crippen molar-refractivity contribution in [2.45, 2.75) is 26.3 Å². The van der Waals surface area contributed by atoms with Crippen LogP contribution in [-0.2, 0) is 9.59 Å². The molecule has 2 amide bonds. The van der Waals surface area contributed by atoms with Crippen LogP contribution in [0.4, 0.5) is 5.69 Å². The van der Waals surface area contributed by atoms with E-state index < -0.39 is 0 Å². The van der Waals surface area contributed by atoms with Gasteiger partial charge in [-0.1, -0.05) is 36.4 Å². The van der Waals surface area contributed by atoms with Crippen LogP contribution in [0, 0.1) is 12.8 Å². The number of benzene rings is 2. The number of carbonyl (C=O) groups excluding carboxylic acids is 2. The average Bonchev–Trinajstić information content (AvgIpc) is 2.99. The molecule has 0 unspecified atom stereocenters. The van der Waals surface area contributed by atoms with Crippen LogP contribution in [0.15, 0.2) is 53.0 Å². The Morgan fingerprint density at radius 2 is 1.96 bits per heavy atom. The lowest BCUT2D eigenvalue weighted by atomic mass is 10.1. The fourth-order valence-corrected chi connectivity index (χ4v) is 3.74. The Labute approximate surface area is 156 Å². The zero-order valence-corrected chi connectivity index (χ0v) is 15.9. The maximum Gasteiger partial charge on any atom is 0.229 e. The molecular formula is C20H21BrN2O2. The van der Waals surface area contributed by atoms with E-state index in [-0.39, 0.29) is 30.2 Å². The van der Waals surface area contributed by atoms with Crippen molar-refractivity contribution < 1.29 is 9.59 Å². The molecule has 0 radical (unpaired) electrons. The Morgan fingerprint density at radius 1 is 1.24 bits per heavy atom. The summed E-state index contributed by atoms with van der Waals surface area (Å²) >= 11 is 3.47. The summed E-state index contributed by atoms with van der Waals surface area (Å²) in [6.07, 6.45) is 0.256. The summed E-state index contributed by atoms with van der Waals surface area (Å²) in [4.78, 5) is 26.8. The first-order valence-electron chi connectivity index (χ1n) is 8.37. The predicted molar refractivity (Wildman–Crippen MR) is 102 cm³/mol. The van der Waals surface area contributed by atoms with Crippen molar-refractivity contribution in [2.24, 2.45) is 5.92 Å². The molecule has 0 saturated carbocycles. The lowest BCUT2D eigenvalue weighted by molar-refractivity contribution is -0.129. The van der Waals surface area contributed by atoms with Crippen LogP contribution in [0.2, 0.25) is 0 Å². The fraction of sp³-hybridized carbons (Fsp3) is 0.300. The van der Waals surface area contributed by atoms with Crippen LogP contribution in [0.1, 0.15) is 30.5 Å². The van der Waals surface area contributed by atoms with Crippen LogP contribution < -0.4 is 5.32 Å². The van der Waals surface area contributed by atoms with E-state index >= 15 is 0 Å². The average molecular weight is 401 g/mol. The summed E-state index contributed by atoms with van der Waals surface area (Å²) in [5.41, 5.74) is 2.93. The molecule has 2 aromatic carbocycles. The number of rotatable bonds is 4. The van der Waals surface area contributed by atoms with E-state index in [0.717, 1.165) is 21.3 Å². The topological polar surface area (TPSA) is 49.4 Å². The van der Waals surface area contributed by atoms with Crippen molar-refractivity contribution in [1.29, 1.82) is 0 Å². The largest absolute Gasteiger partial charge is 0.335 e. The summed E-state index contributed by atoms with van der Waals surface area (Å²) < 4.78 is 0.847. The number of nitrogens with zero attached hydrogens (tertiary/aromatic N) is 1. The van der Waals surface area contributed by atoms with Gasteiger partial charge in [-0.15, -0.1) is 0 Å². The second-order valence-corrected chi connectivity index (χ2v) is 7.36. The maximum absolute atomic E-state index is 12.6. The van der Waals surface area contributed by atoms with E-state index in [2.05, 4.69) is 21.2 Å². The molecule has 0 aromatic heterocycles. The summed E-state index contributed by atoms with van der Waals surface area (Å²) in [5.74, 6) is -0.410. The molecule has 130 valence electrons. The second-order valence-electron chi connectivity index (χ2n) is 6.51. The molecule has 0 spiro atoms. The molecule has 2 aromatic rings. The zero-order chi connectivity index (χ0) is 18.0. The first kappa shape index (κ1) is 17.7. The Morgan fingerprint density at radius 3 is 2.64 bits per heavy atom. The number of hydrogen-bond acceptors (Lipinski definition) is 2. The molecule has 0 aliphatic carbocycles. The second kappa shape index (κ2) is 7.40. The van der Waals surface area contributed by atoms with Crippen LogP contribution in [0.5, 0.6) is 0 Å². The minimum absolute atomic E-state index is 0.0273. The summed E-state index contributed by atoms with van der Waals surface area (Å²) in [7, 11) is 0. The van der Waals surface area contributed by atoms with Gasteiger partial charge in [0.15, 0.2) is 0 Å². The van der Waals surface area contributed by atoms with Crippen molar-refractivity contribution in [1.82, 2.24) is 4.90 Å². The van der Waals surface area contributed by atoms with Crippen molar-refractivity contribution in [2.75, 3.05) is 11.9 Å². The quantitative estimate of drug-likeness (QED) is 0.830. The van der Waals surface area contributed by atoms with Gasteiger partial charge in [0.1, 0.15) is 0 Å². The van der Waals surface area contributed by atoms with Crippen LogP contribution in [0.25, 0.3) is 0 Å². The number of amides is 2. The smallest absolute Gasteiger partial charge is 0.229 e. The predicted octanol–water partition coefficient (Wildman–Crippen LogP) is 4.31. The highest BCUT2D eigenvalue weighted by Crippen LogP contribution is 2.30. The van der Waals surface area contributed by atoms with Crippen LogP contribution in [-0.4, -0.2) is 23.3 Å². The van der Waals surface area contributed by atoms with E-state index in [9.17, 15) is 9.59 Å². The molecule has 1 aliphatic rings. The Kier molecular flexibility index (Phi) is 5.23. The van der Waals surface area contributed by atoms with Crippen molar-refractivity contribution in [3.8, 4) is 0 Å². The van der Waals surface area contributed by atoms with Gasteiger partial charge in [-0.2, -0.15) is 0 Å². The number of aryl methyl sites for hydroxylation is 1. The lowest BCUT2D eigenvalue weighted by Gasteiger charge is -2.25. The van der Waals surface area contributed by atoms with E-state index in [4.69, 9.17) is 0 Å². The number of carbonyl (C=O) groups is 2. The normalized spacial score (nSPS) is 18.3. The maximum atomic E-state index is 12.6. The van der Waals surface area contributed by atoms with Crippen molar-refractivity contribution in [3.63, 3.8) is 0 Å². The molecule has 25 heavy (non-hydrogen) atoms. The summed E-state index contributed by atoms with van der Waals surface area (Å²) in [6.45, 7) is 4.45. The third-order valence-corrected chi connectivity index (χ3v) is 5.32.